The number of carbonyl (C=O) groups excluding carboxylic acids is 2. The molecule has 1 N–H and O–H groups in total. The van der Waals surface area contributed by atoms with Crippen LogP contribution in [-0.2, 0) is 4.79 Å². The van der Waals surface area contributed by atoms with Crippen molar-refractivity contribution in [3.05, 3.63) is 34.6 Å². The van der Waals surface area contributed by atoms with E-state index in [1.807, 2.05) is 0 Å². The van der Waals surface area contributed by atoms with E-state index in [-0.39, 0.29) is 17.1 Å². The molecule has 74 valence electrons. The molecular formula is C9H7ClFNO2. The highest BCUT2D eigenvalue weighted by Crippen LogP contribution is 2.14. The van der Waals surface area contributed by atoms with Gasteiger partial charge in [0.1, 0.15) is 5.82 Å². The number of carbonyl (C=O) groups is 2. The molecule has 14 heavy (non-hydrogen) atoms. The molecular weight excluding hydrogens is 209 g/mol. The van der Waals surface area contributed by atoms with Crippen LogP contribution in [0, 0.1) is 5.82 Å². The van der Waals surface area contributed by atoms with Crippen LogP contribution in [0.3, 0.4) is 0 Å². The van der Waals surface area contributed by atoms with E-state index in [0.717, 1.165) is 12.1 Å². The Morgan fingerprint density at radius 3 is 2.79 bits per heavy atom. The van der Waals surface area contributed by atoms with Crippen LogP contribution in [0.4, 0.5) is 4.39 Å². The van der Waals surface area contributed by atoms with Crippen molar-refractivity contribution in [2.45, 2.75) is 0 Å². The summed E-state index contributed by atoms with van der Waals surface area (Å²) in [5, 5.41) is 2.34. The standard InChI is InChI=1S/C9H7ClFNO2/c10-7-1-6(2-8(11)3-7)9(14)4-12-5-13/h1-3,5H,4H2,(H,12,13). The highest BCUT2D eigenvalue weighted by molar-refractivity contribution is 6.31. The molecule has 0 unspecified atom stereocenters. The minimum atomic E-state index is -0.577. The lowest BCUT2D eigenvalue weighted by molar-refractivity contribution is -0.109. The topological polar surface area (TPSA) is 46.2 Å². The quantitative estimate of drug-likeness (QED) is 0.610. The summed E-state index contributed by atoms with van der Waals surface area (Å²) in [5.41, 5.74) is 0.143. The van der Waals surface area contributed by atoms with Gasteiger partial charge in [-0.1, -0.05) is 11.6 Å². The summed E-state index contributed by atoms with van der Waals surface area (Å²) >= 11 is 5.55. The largest absolute Gasteiger partial charge is 0.351 e. The zero-order valence-corrected chi connectivity index (χ0v) is 7.84. The van der Waals surface area contributed by atoms with Crippen LogP contribution in [-0.4, -0.2) is 18.7 Å². The molecule has 0 aromatic heterocycles. The van der Waals surface area contributed by atoms with Gasteiger partial charge in [-0.25, -0.2) is 4.39 Å². The molecule has 0 aliphatic carbocycles. The number of ketones is 1. The Labute approximate surface area is 84.9 Å². The Hall–Kier alpha value is -1.42. The van der Waals surface area contributed by atoms with E-state index >= 15 is 0 Å². The summed E-state index contributed by atoms with van der Waals surface area (Å²) in [6.45, 7) is -0.163. The van der Waals surface area contributed by atoms with Crippen molar-refractivity contribution >= 4 is 23.8 Å². The molecule has 1 aromatic carbocycles. The van der Waals surface area contributed by atoms with Crippen LogP contribution in [0.2, 0.25) is 5.02 Å². The second kappa shape index (κ2) is 4.72. The predicted molar refractivity (Wildman–Crippen MR) is 49.8 cm³/mol. The summed E-state index contributed by atoms with van der Waals surface area (Å²) in [4.78, 5) is 21.2. The first-order chi connectivity index (χ1) is 6.63. The van der Waals surface area contributed by atoms with Crippen molar-refractivity contribution in [1.82, 2.24) is 5.32 Å². The van der Waals surface area contributed by atoms with Gasteiger partial charge in [-0.3, -0.25) is 9.59 Å². The van der Waals surface area contributed by atoms with Crippen molar-refractivity contribution in [1.29, 1.82) is 0 Å². The average molecular weight is 216 g/mol. The smallest absolute Gasteiger partial charge is 0.207 e. The molecule has 3 nitrogen and oxygen atoms in total. The Bertz CT molecular complexity index is 348. The summed E-state index contributed by atoms with van der Waals surface area (Å²) in [6, 6.07) is 3.52. The third-order valence-electron chi connectivity index (χ3n) is 1.53. The minimum Gasteiger partial charge on any atom is -0.351 e. The lowest BCUT2D eigenvalue weighted by Gasteiger charge is -2.00. The van der Waals surface area contributed by atoms with Crippen LogP contribution in [0.5, 0.6) is 0 Å². The number of hydrogen-bond acceptors (Lipinski definition) is 2. The maximum Gasteiger partial charge on any atom is 0.207 e. The van der Waals surface area contributed by atoms with Crippen molar-refractivity contribution in [2.24, 2.45) is 0 Å². The molecule has 0 aliphatic rings. The van der Waals surface area contributed by atoms with Crippen molar-refractivity contribution in [3.63, 3.8) is 0 Å². The number of nitrogens with one attached hydrogen (secondary N) is 1. The molecule has 0 radical (unpaired) electrons. The van der Waals surface area contributed by atoms with Crippen LogP contribution in [0.1, 0.15) is 10.4 Å². The molecule has 0 saturated carbocycles. The third-order valence-corrected chi connectivity index (χ3v) is 1.75. The van der Waals surface area contributed by atoms with Gasteiger partial charge >= 0.3 is 0 Å². The highest BCUT2D eigenvalue weighted by atomic mass is 35.5. The number of amides is 1. The average Bonchev–Trinajstić information content (AvgIpc) is 2.12. The molecule has 0 spiro atoms. The molecule has 0 fully saturated rings. The maximum atomic E-state index is 12.8. The highest BCUT2D eigenvalue weighted by Gasteiger charge is 2.07. The number of Topliss-reactive ketones (excluding diaryl/α,β-unsaturated/α-hetero) is 1. The van der Waals surface area contributed by atoms with Gasteiger partial charge in [-0.2, -0.15) is 0 Å². The van der Waals surface area contributed by atoms with Gasteiger partial charge in [0, 0.05) is 10.6 Å². The Balaban J connectivity index is 2.84. The van der Waals surface area contributed by atoms with E-state index in [2.05, 4.69) is 5.32 Å². The SMILES string of the molecule is O=CNCC(=O)c1cc(F)cc(Cl)c1. The fourth-order valence-corrected chi connectivity index (χ4v) is 1.17. The van der Waals surface area contributed by atoms with Crippen LogP contribution in [0.25, 0.3) is 0 Å². The van der Waals surface area contributed by atoms with E-state index < -0.39 is 11.6 Å². The second-order valence-corrected chi connectivity index (χ2v) is 3.02. The zero-order chi connectivity index (χ0) is 10.6. The lowest BCUT2D eigenvalue weighted by atomic mass is 10.1. The first-order valence-electron chi connectivity index (χ1n) is 3.80. The first kappa shape index (κ1) is 10.7. The van der Waals surface area contributed by atoms with Crippen molar-refractivity contribution in [3.8, 4) is 0 Å². The summed E-state index contributed by atoms with van der Waals surface area (Å²) < 4.78 is 12.8. The second-order valence-electron chi connectivity index (χ2n) is 2.58. The van der Waals surface area contributed by atoms with E-state index in [0.29, 0.717) is 6.41 Å². The number of hydrogen-bond donors (Lipinski definition) is 1. The molecule has 0 atom stereocenters. The fraction of sp³-hybridized carbons (Fsp3) is 0.111. The summed E-state index contributed by atoms with van der Waals surface area (Å²) in [6.07, 6.45) is 0.402. The van der Waals surface area contributed by atoms with Crippen LogP contribution < -0.4 is 5.32 Å². The van der Waals surface area contributed by atoms with Gasteiger partial charge in [-0.15, -0.1) is 0 Å². The molecule has 1 rings (SSSR count). The monoisotopic (exact) mass is 215 g/mol. The van der Waals surface area contributed by atoms with Gasteiger partial charge in [-0.05, 0) is 18.2 Å². The Morgan fingerprint density at radius 2 is 2.21 bits per heavy atom. The number of halogens is 2. The molecule has 0 aliphatic heterocycles. The molecule has 5 heteroatoms. The lowest BCUT2D eigenvalue weighted by Crippen LogP contribution is -2.21. The van der Waals surface area contributed by atoms with E-state index in [1.54, 1.807) is 0 Å². The Kier molecular flexibility index (Phi) is 3.59. The summed E-state index contributed by atoms with van der Waals surface area (Å²) in [5.74, 6) is -0.967. The number of rotatable bonds is 4. The molecule has 1 aromatic rings. The van der Waals surface area contributed by atoms with Gasteiger partial charge < -0.3 is 5.32 Å². The van der Waals surface area contributed by atoms with Crippen LogP contribution in [0.15, 0.2) is 18.2 Å². The third kappa shape index (κ3) is 2.81. The van der Waals surface area contributed by atoms with Crippen molar-refractivity contribution < 1.29 is 14.0 Å². The predicted octanol–water partition coefficient (Wildman–Crippen LogP) is 1.41. The molecule has 1 amide bonds. The normalized spacial score (nSPS) is 9.57. The molecule has 0 bridgehead atoms. The van der Waals surface area contributed by atoms with Gasteiger partial charge in [0.25, 0.3) is 0 Å². The zero-order valence-electron chi connectivity index (χ0n) is 7.09. The van der Waals surface area contributed by atoms with E-state index in [1.165, 1.54) is 6.07 Å². The van der Waals surface area contributed by atoms with Gasteiger partial charge in [0.15, 0.2) is 5.78 Å². The van der Waals surface area contributed by atoms with E-state index in [4.69, 9.17) is 11.6 Å². The van der Waals surface area contributed by atoms with Gasteiger partial charge in [0.05, 0.1) is 6.54 Å². The minimum absolute atomic E-state index is 0.143. The fourth-order valence-electron chi connectivity index (χ4n) is 0.951. The molecule has 0 heterocycles. The summed E-state index contributed by atoms with van der Waals surface area (Å²) in [7, 11) is 0. The van der Waals surface area contributed by atoms with Crippen molar-refractivity contribution in [2.75, 3.05) is 6.54 Å². The molecule has 0 saturated heterocycles. The first-order valence-corrected chi connectivity index (χ1v) is 4.17. The van der Waals surface area contributed by atoms with Gasteiger partial charge in [0.2, 0.25) is 6.41 Å². The maximum absolute atomic E-state index is 12.8. The van der Waals surface area contributed by atoms with Crippen LogP contribution >= 0.6 is 11.6 Å². The van der Waals surface area contributed by atoms with E-state index in [9.17, 15) is 14.0 Å². The number of benzene rings is 1. The Morgan fingerprint density at radius 1 is 1.50 bits per heavy atom.